The van der Waals surface area contributed by atoms with Crippen LogP contribution in [-0.2, 0) is 4.79 Å². The summed E-state index contributed by atoms with van der Waals surface area (Å²) in [6, 6.07) is 0. The lowest BCUT2D eigenvalue weighted by Gasteiger charge is -2.11. The number of carbonyl (C=O) groups is 1. The van der Waals surface area contributed by atoms with Crippen LogP contribution in [-0.4, -0.2) is 24.7 Å². The van der Waals surface area contributed by atoms with E-state index in [-0.39, 0.29) is 13.0 Å². The van der Waals surface area contributed by atoms with Gasteiger partial charge in [-0.15, -0.1) is 0 Å². The van der Waals surface area contributed by atoms with Gasteiger partial charge in [0.1, 0.15) is 0 Å². The number of amides is 1. The summed E-state index contributed by atoms with van der Waals surface area (Å²) in [4.78, 5) is 10.3. The summed E-state index contributed by atoms with van der Waals surface area (Å²) >= 11 is 0. The van der Waals surface area contributed by atoms with Gasteiger partial charge in [0.15, 0.2) is 0 Å². The van der Waals surface area contributed by atoms with E-state index in [2.05, 4.69) is 5.32 Å². The largest absolute Gasteiger partial charge is 0.367 e. The summed E-state index contributed by atoms with van der Waals surface area (Å²) in [6.45, 7) is 0.613. The monoisotopic (exact) mass is 132 g/mol. The summed E-state index contributed by atoms with van der Waals surface area (Å²) in [5, 5.41) is 2.72. The van der Waals surface area contributed by atoms with E-state index in [9.17, 15) is 9.18 Å². The molecule has 0 spiro atoms. The second-order valence-electron chi connectivity index (χ2n) is 2.26. The molecular weight excluding hydrogens is 123 g/mol. The molecule has 3 N–H and O–H groups in total. The van der Waals surface area contributed by atoms with Crippen molar-refractivity contribution >= 4 is 5.91 Å². The maximum absolute atomic E-state index is 12.9. The fourth-order valence-electron chi connectivity index (χ4n) is 0.872. The molecule has 0 aromatic carbocycles. The predicted molar refractivity (Wildman–Crippen MR) is 30.5 cm³/mol. The third kappa shape index (κ3) is 1.03. The van der Waals surface area contributed by atoms with Gasteiger partial charge in [-0.05, 0) is 6.54 Å². The van der Waals surface area contributed by atoms with E-state index in [0.29, 0.717) is 6.54 Å². The number of alkyl halides is 1. The normalized spacial score (nSPS) is 34.8. The highest BCUT2D eigenvalue weighted by Crippen LogP contribution is 2.18. The number of hydrogen-bond acceptors (Lipinski definition) is 2. The Balaban J connectivity index is 2.61. The van der Waals surface area contributed by atoms with Crippen molar-refractivity contribution < 1.29 is 9.18 Å². The molecule has 0 unspecified atom stereocenters. The number of carbonyl (C=O) groups excluding carboxylic acids is 1. The molecule has 3 nitrogen and oxygen atoms in total. The molecule has 0 saturated carbocycles. The maximum Gasteiger partial charge on any atom is 0.256 e. The van der Waals surface area contributed by atoms with Gasteiger partial charge in [-0.3, -0.25) is 4.79 Å². The molecule has 1 amide bonds. The quantitative estimate of drug-likeness (QED) is 0.489. The summed E-state index contributed by atoms with van der Waals surface area (Å²) in [6.07, 6.45) is 0.211. The predicted octanol–water partition coefficient (Wildman–Crippen LogP) is -0.827. The number of rotatable bonds is 1. The minimum atomic E-state index is -1.78. The minimum absolute atomic E-state index is 0.0718. The van der Waals surface area contributed by atoms with Crippen LogP contribution in [0.3, 0.4) is 0 Å². The topological polar surface area (TPSA) is 55.1 Å². The van der Waals surface area contributed by atoms with E-state index < -0.39 is 11.6 Å². The fourth-order valence-corrected chi connectivity index (χ4v) is 0.872. The van der Waals surface area contributed by atoms with Crippen molar-refractivity contribution in [2.75, 3.05) is 13.1 Å². The van der Waals surface area contributed by atoms with Gasteiger partial charge >= 0.3 is 0 Å². The van der Waals surface area contributed by atoms with Gasteiger partial charge in [-0.2, -0.15) is 0 Å². The lowest BCUT2D eigenvalue weighted by Crippen LogP contribution is -2.41. The van der Waals surface area contributed by atoms with Crippen molar-refractivity contribution in [3.8, 4) is 0 Å². The van der Waals surface area contributed by atoms with Crippen molar-refractivity contribution in [2.45, 2.75) is 12.1 Å². The van der Waals surface area contributed by atoms with Crippen molar-refractivity contribution in [1.82, 2.24) is 5.32 Å². The Morgan fingerprint density at radius 1 is 1.78 bits per heavy atom. The molecule has 0 aliphatic carbocycles. The number of primary amides is 1. The van der Waals surface area contributed by atoms with Gasteiger partial charge < -0.3 is 11.1 Å². The first-order chi connectivity index (χ1) is 4.15. The first-order valence-corrected chi connectivity index (χ1v) is 2.85. The Morgan fingerprint density at radius 3 is 2.67 bits per heavy atom. The molecule has 1 atom stereocenters. The van der Waals surface area contributed by atoms with Crippen molar-refractivity contribution in [3.63, 3.8) is 0 Å². The van der Waals surface area contributed by atoms with Gasteiger partial charge in [-0.1, -0.05) is 0 Å². The fraction of sp³-hybridized carbons (Fsp3) is 0.800. The standard InChI is InChI=1S/C5H9FN2O/c6-5(4(7)9)1-2-8-3-5/h8H,1-3H2,(H2,7,9)/t5-/m1/s1. The van der Waals surface area contributed by atoms with Gasteiger partial charge in [0, 0.05) is 13.0 Å². The van der Waals surface area contributed by atoms with Gasteiger partial charge in [0.2, 0.25) is 5.67 Å². The molecule has 1 rings (SSSR count). The van der Waals surface area contributed by atoms with E-state index in [1.54, 1.807) is 0 Å². The Labute approximate surface area is 52.4 Å². The van der Waals surface area contributed by atoms with Crippen molar-refractivity contribution in [2.24, 2.45) is 5.73 Å². The first kappa shape index (κ1) is 6.48. The molecular formula is C5H9FN2O. The average Bonchev–Trinajstić information content (AvgIpc) is 2.16. The van der Waals surface area contributed by atoms with Crippen LogP contribution in [0.1, 0.15) is 6.42 Å². The van der Waals surface area contributed by atoms with Gasteiger partial charge in [-0.25, -0.2) is 4.39 Å². The SMILES string of the molecule is NC(=O)[C@@]1(F)CCNC1. The van der Waals surface area contributed by atoms with Crippen LogP contribution in [0.25, 0.3) is 0 Å². The third-order valence-electron chi connectivity index (χ3n) is 1.54. The second-order valence-corrected chi connectivity index (χ2v) is 2.26. The van der Waals surface area contributed by atoms with E-state index >= 15 is 0 Å². The van der Waals surface area contributed by atoms with Crippen molar-refractivity contribution in [1.29, 1.82) is 0 Å². The summed E-state index contributed by atoms with van der Waals surface area (Å²) < 4.78 is 12.9. The molecule has 1 aliphatic heterocycles. The van der Waals surface area contributed by atoms with E-state index in [0.717, 1.165) is 0 Å². The Bertz CT molecular complexity index is 131. The molecule has 1 fully saturated rings. The smallest absolute Gasteiger partial charge is 0.256 e. The van der Waals surface area contributed by atoms with E-state index in [1.807, 2.05) is 0 Å². The molecule has 9 heavy (non-hydrogen) atoms. The highest BCUT2D eigenvalue weighted by atomic mass is 19.1. The maximum atomic E-state index is 12.9. The zero-order valence-electron chi connectivity index (χ0n) is 4.98. The Hall–Kier alpha value is -0.640. The van der Waals surface area contributed by atoms with Crippen LogP contribution < -0.4 is 11.1 Å². The lowest BCUT2D eigenvalue weighted by molar-refractivity contribution is -0.128. The molecule has 0 aromatic heterocycles. The molecule has 0 aromatic rings. The molecule has 1 saturated heterocycles. The van der Waals surface area contributed by atoms with Crippen LogP contribution in [0.5, 0.6) is 0 Å². The van der Waals surface area contributed by atoms with Crippen LogP contribution in [0.4, 0.5) is 4.39 Å². The highest BCUT2D eigenvalue weighted by Gasteiger charge is 2.39. The highest BCUT2D eigenvalue weighted by molar-refractivity contribution is 5.84. The number of nitrogens with two attached hydrogens (primary N) is 1. The van der Waals surface area contributed by atoms with Crippen LogP contribution in [0, 0.1) is 0 Å². The summed E-state index contributed by atoms with van der Waals surface area (Å²) in [5.74, 6) is -0.854. The molecule has 0 bridgehead atoms. The second kappa shape index (κ2) is 1.95. The lowest BCUT2D eigenvalue weighted by atomic mass is 10.1. The van der Waals surface area contributed by atoms with Crippen LogP contribution in [0.2, 0.25) is 0 Å². The number of nitrogens with one attached hydrogen (secondary N) is 1. The molecule has 1 heterocycles. The molecule has 0 radical (unpaired) electrons. The number of hydrogen-bond donors (Lipinski definition) is 2. The third-order valence-corrected chi connectivity index (χ3v) is 1.54. The summed E-state index contributed by atoms with van der Waals surface area (Å²) in [5.41, 5.74) is 3.00. The first-order valence-electron chi connectivity index (χ1n) is 2.85. The van der Waals surface area contributed by atoms with Crippen molar-refractivity contribution in [3.05, 3.63) is 0 Å². The van der Waals surface area contributed by atoms with Gasteiger partial charge in [0.05, 0.1) is 0 Å². The number of halogens is 1. The Kier molecular flexibility index (Phi) is 1.40. The Morgan fingerprint density at radius 2 is 2.44 bits per heavy atom. The zero-order chi connectivity index (χ0) is 6.91. The average molecular weight is 132 g/mol. The molecule has 1 aliphatic rings. The summed E-state index contributed by atoms with van der Waals surface area (Å²) in [7, 11) is 0. The van der Waals surface area contributed by atoms with Gasteiger partial charge in [0.25, 0.3) is 5.91 Å². The van der Waals surface area contributed by atoms with E-state index in [1.165, 1.54) is 0 Å². The van der Waals surface area contributed by atoms with Crippen LogP contribution in [0.15, 0.2) is 0 Å². The minimum Gasteiger partial charge on any atom is -0.367 e. The molecule has 4 heteroatoms. The van der Waals surface area contributed by atoms with E-state index in [4.69, 9.17) is 5.73 Å². The molecule has 52 valence electrons. The van der Waals surface area contributed by atoms with Crippen LogP contribution >= 0.6 is 0 Å². The zero-order valence-corrected chi connectivity index (χ0v) is 4.98.